The average Bonchev–Trinajstić information content (AvgIpc) is 3.06. The Morgan fingerprint density at radius 2 is 1.91 bits per heavy atom. The number of imidazole rings is 1. The van der Waals surface area contributed by atoms with Crippen molar-refractivity contribution >= 4 is 51.8 Å². The molecule has 3 N–H and O–H groups in total. The first-order valence-electron chi connectivity index (χ1n) is 10.8. The molecule has 2 atom stereocenters. The Bertz CT molecular complexity index is 912. The quantitative estimate of drug-likeness (QED) is 0.353. The van der Waals surface area contributed by atoms with Gasteiger partial charge in [0.1, 0.15) is 11.9 Å². The maximum atomic E-state index is 12.7. The second-order valence-electron chi connectivity index (χ2n) is 7.92. The highest BCUT2D eigenvalue weighted by Gasteiger charge is 2.28. The molecule has 0 spiro atoms. The summed E-state index contributed by atoms with van der Waals surface area (Å²) in [6.45, 7) is 7.02. The van der Waals surface area contributed by atoms with Crippen molar-refractivity contribution in [3.8, 4) is 0 Å². The van der Waals surface area contributed by atoms with Gasteiger partial charge in [0.05, 0.1) is 23.7 Å². The second kappa shape index (κ2) is 12.3. The van der Waals surface area contributed by atoms with Crippen LogP contribution in [-0.2, 0) is 27.8 Å². The molecule has 32 heavy (non-hydrogen) atoms. The van der Waals surface area contributed by atoms with E-state index in [4.69, 9.17) is 38.7 Å². The molecule has 0 saturated carbocycles. The van der Waals surface area contributed by atoms with Gasteiger partial charge < -0.3 is 25.3 Å². The second-order valence-corrected chi connectivity index (χ2v) is 8.67. The van der Waals surface area contributed by atoms with Gasteiger partial charge in [0, 0.05) is 44.0 Å². The van der Waals surface area contributed by atoms with E-state index in [1.54, 1.807) is 6.92 Å². The van der Waals surface area contributed by atoms with Crippen LogP contribution in [0.25, 0.3) is 11.0 Å². The molecule has 1 aromatic carbocycles. The molecule has 0 fully saturated rings. The Kier molecular flexibility index (Phi) is 10.1. The first kappa shape index (κ1) is 26.2. The van der Waals surface area contributed by atoms with E-state index in [-0.39, 0.29) is 18.9 Å². The number of fused-ring (bicyclic) bond motifs is 1. The zero-order valence-electron chi connectivity index (χ0n) is 19.1. The molecule has 0 bridgehead atoms. The highest BCUT2D eigenvalue weighted by Crippen LogP contribution is 2.23. The number of anilines is 1. The van der Waals surface area contributed by atoms with Crippen molar-refractivity contribution in [2.75, 3.05) is 36.4 Å². The smallest absolute Gasteiger partial charge is 0.328 e. The number of benzene rings is 1. The van der Waals surface area contributed by atoms with Gasteiger partial charge in [0.2, 0.25) is 5.91 Å². The largest absolute Gasteiger partial charge is 0.464 e. The van der Waals surface area contributed by atoms with E-state index < -0.39 is 24.0 Å². The van der Waals surface area contributed by atoms with E-state index in [0.29, 0.717) is 30.7 Å². The molecule has 2 unspecified atom stereocenters. The Morgan fingerprint density at radius 1 is 1.25 bits per heavy atom. The Balaban J connectivity index is 2.18. The molecule has 1 aromatic heterocycles. The van der Waals surface area contributed by atoms with Crippen LogP contribution in [0.3, 0.4) is 0 Å². The van der Waals surface area contributed by atoms with Gasteiger partial charge in [-0.25, -0.2) is 9.78 Å². The monoisotopic (exact) mass is 485 g/mol. The van der Waals surface area contributed by atoms with Crippen molar-refractivity contribution in [1.29, 1.82) is 0 Å². The maximum Gasteiger partial charge on any atom is 0.328 e. The molecule has 0 saturated heterocycles. The lowest BCUT2D eigenvalue weighted by Crippen LogP contribution is -2.51. The van der Waals surface area contributed by atoms with Crippen molar-refractivity contribution in [3.05, 3.63) is 24.0 Å². The predicted octanol–water partition coefficient (Wildman–Crippen LogP) is 2.43. The minimum Gasteiger partial charge on any atom is -0.464 e. The molecule has 0 aliphatic rings. The number of aromatic nitrogens is 2. The number of amides is 1. The van der Waals surface area contributed by atoms with Gasteiger partial charge in [-0.15, -0.1) is 23.2 Å². The molecular formula is C22H33Cl2N5O3. The number of esters is 1. The van der Waals surface area contributed by atoms with E-state index >= 15 is 0 Å². The number of carbonyl (C=O) groups excluding carboxylic acids is 2. The van der Waals surface area contributed by atoms with Gasteiger partial charge in [0.25, 0.3) is 0 Å². The highest BCUT2D eigenvalue weighted by atomic mass is 35.5. The molecule has 2 aromatic rings. The summed E-state index contributed by atoms with van der Waals surface area (Å²) in [7, 11) is 1.89. The van der Waals surface area contributed by atoms with E-state index in [0.717, 1.165) is 16.7 Å². The molecule has 8 nitrogen and oxygen atoms in total. The third-order valence-electron chi connectivity index (χ3n) is 5.28. The van der Waals surface area contributed by atoms with E-state index in [1.165, 1.54) is 0 Å². The first-order chi connectivity index (χ1) is 15.2. The lowest BCUT2D eigenvalue weighted by molar-refractivity contribution is -0.148. The van der Waals surface area contributed by atoms with Gasteiger partial charge in [-0.2, -0.15) is 0 Å². The van der Waals surface area contributed by atoms with Crippen LogP contribution >= 0.6 is 23.2 Å². The molecule has 0 aliphatic heterocycles. The summed E-state index contributed by atoms with van der Waals surface area (Å²) in [5.74, 6) is 0.670. The van der Waals surface area contributed by atoms with Crippen LogP contribution in [0.5, 0.6) is 0 Å². The Morgan fingerprint density at radius 3 is 2.47 bits per heavy atom. The van der Waals surface area contributed by atoms with Crippen molar-refractivity contribution < 1.29 is 14.3 Å². The summed E-state index contributed by atoms with van der Waals surface area (Å²) in [6, 6.07) is 4.37. The van der Waals surface area contributed by atoms with Crippen molar-refractivity contribution in [1.82, 2.24) is 14.9 Å². The van der Waals surface area contributed by atoms with Crippen LogP contribution in [0, 0.1) is 5.92 Å². The lowest BCUT2D eigenvalue weighted by Gasteiger charge is -2.22. The fourth-order valence-corrected chi connectivity index (χ4v) is 3.88. The van der Waals surface area contributed by atoms with Crippen LogP contribution in [0.15, 0.2) is 18.2 Å². The zero-order chi connectivity index (χ0) is 23.8. The molecule has 1 amide bonds. The summed E-state index contributed by atoms with van der Waals surface area (Å²) in [6.07, 6.45) is 0.229. The summed E-state index contributed by atoms with van der Waals surface area (Å²) in [4.78, 5) is 31.6. The van der Waals surface area contributed by atoms with Gasteiger partial charge in [0.15, 0.2) is 0 Å². The minimum absolute atomic E-state index is 0.122. The van der Waals surface area contributed by atoms with Gasteiger partial charge in [-0.3, -0.25) is 4.79 Å². The van der Waals surface area contributed by atoms with Crippen LogP contribution in [0.4, 0.5) is 5.69 Å². The number of hydrogen-bond donors (Lipinski definition) is 2. The van der Waals surface area contributed by atoms with Gasteiger partial charge in [-0.05, 0) is 31.0 Å². The van der Waals surface area contributed by atoms with Crippen LogP contribution < -0.4 is 16.0 Å². The fourth-order valence-electron chi connectivity index (χ4n) is 3.47. The van der Waals surface area contributed by atoms with Gasteiger partial charge in [-0.1, -0.05) is 13.8 Å². The number of nitrogens with one attached hydrogen (secondary N) is 1. The number of nitrogens with zero attached hydrogens (tertiary/aromatic N) is 3. The van der Waals surface area contributed by atoms with Crippen molar-refractivity contribution in [2.45, 2.75) is 39.3 Å². The zero-order valence-corrected chi connectivity index (χ0v) is 20.6. The Labute approximate surface area is 199 Å². The van der Waals surface area contributed by atoms with Crippen molar-refractivity contribution in [2.24, 2.45) is 18.7 Å². The number of aryl methyl sites for hydroxylation is 1. The van der Waals surface area contributed by atoms with Crippen LogP contribution in [-0.4, -0.2) is 65.0 Å². The SMILES string of the molecule is CCOC(=O)C(NC(=O)C(N)Cc1nc2cc(N(CCCl)CCCl)ccc2n1C)C(C)C. The number of halogens is 2. The third kappa shape index (κ3) is 6.49. The van der Waals surface area contributed by atoms with Gasteiger partial charge >= 0.3 is 5.97 Å². The normalized spacial score (nSPS) is 13.2. The third-order valence-corrected chi connectivity index (χ3v) is 5.61. The average molecular weight is 486 g/mol. The number of carbonyl (C=O) groups is 2. The topological polar surface area (TPSA) is 102 Å². The Hall–Kier alpha value is -2.03. The molecular weight excluding hydrogens is 453 g/mol. The number of alkyl halides is 2. The molecule has 1 heterocycles. The number of ether oxygens (including phenoxy) is 1. The van der Waals surface area contributed by atoms with E-state index in [2.05, 4.69) is 10.2 Å². The van der Waals surface area contributed by atoms with E-state index in [1.807, 2.05) is 43.7 Å². The summed E-state index contributed by atoms with van der Waals surface area (Å²) < 4.78 is 6.98. The predicted molar refractivity (Wildman–Crippen MR) is 129 cm³/mol. The van der Waals surface area contributed by atoms with Crippen LogP contribution in [0.1, 0.15) is 26.6 Å². The summed E-state index contributed by atoms with van der Waals surface area (Å²) >= 11 is 11.8. The molecule has 178 valence electrons. The fraction of sp³-hybridized carbons (Fsp3) is 0.591. The van der Waals surface area contributed by atoms with E-state index in [9.17, 15) is 9.59 Å². The number of hydrogen-bond acceptors (Lipinski definition) is 6. The van der Waals surface area contributed by atoms with Crippen LogP contribution in [0.2, 0.25) is 0 Å². The maximum absolute atomic E-state index is 12.7. The summed E-state index contributed by atoms with van der Waals surface area (Å²) in [5.41, 5.74) is 8.88. The molecule has 0 radical (unpaired) electrons. The molecule has 10 heteroatoms. The van der Waals surface area contributed by atoms with Crippen molar-refractivity contribution in [3.63, 3.8) is 0 Å². The first-order valence-corrected chi connectivity index (χ1v) is 11.8. The standard InChI is InChI=1S/C22H33Cl2N5O3/c1-5-32-22(31)20(14(2)3)27-21(30)16(25)13-19-26-17-12-15(6-7-18(17)28(19)4)29(10-8-23)11-9-24/h6-7,12,14,16,20H,5,8-11,13,25H2,1-4H3,(H,27,30). The summed E-state index contributed by atoms with van der Waals surface area (Å²) in [5, 5.41) is 2.72. The molecule has 0 aliphatic carbocycles. The highest BCUT2D eigenvalue weighted by molar-refractivity contribution is 6.18. The number of rotatable bonds is 12. The molecule has 2 rings (SSSR count). The lowest BCUT2D eigenvalue weighted by atomic mass is 10.0. The minimum atomic E-state index is -0.857. The number of nitrogens with two attached hydrogens (primary N) is 1.